The van der Waals surface area contributed by atoms with E-state index in [0.717, 1.165) is 11.8 Å². The average Bonchev–Trinajstić information content (AvgIpc) is 2.58. The first-order valence-corrected chi connectivity index (χ1v) is 5.99. The summed E-state index contributed by atoms with van der Waals surface area (Å²) in [6.45, 7) is 7.11. The van der Waals surface area contributed by atoms with Gasteiger partial charge in [-0.1, -0.05) is 39.5 Å². The van der Waals surface area contributed by atoms with Crippen molar-refractivity contribution in [2.24, 2.45) is 11.8 Å². The Hall–Kier alpha value is -0.0400. The molecule has 0 amide bonds. The highest BCUT2D eigenvalue weighted by atomic mass is 14.9. The fourth-order valence-electron chi connectivity index (χ4n) is 2.16. The third-order valence-electron chi connectivity index (χ3n) is 3.19. The summed E-state index contributed by atoms with van der Waals surface area (Å²) in [6, 6.07) is 0. The van der Waals surface area contributed by atoms with Crippen molar-refractivity contribution in [3.63, 3.8) is 0 Å². The van der Waals surface area contributed by atoms with Gasteiger partial charge in [-0.25, -0.2) is 0 Å². The van der Waals surface area contributed by atoms with Gasteiger partial charge in [-0.05, 0) is 37.8 Å². The number of rotatable bonds is 0. The van der Waals surface area contributed by atoms with Crippen molar-refractivity contribution in [3.8, 4) is 0 Å². The summed E-state index contributed by atoms with van der Waals surface area (Å²) < 4.78 is 0. The third-order valence-corrected chi connectivity index (χ3v) is 3.19. The molecule has 1 heterocycles. The number of piperidine rings is 1. The summed E-state index contributed by atoms with van der Waals surface area (Å²) in [4.78, 5) is 0. The quantitative estimate of drug-likeness (QED) is 0.608. The Balaban J connectivity index is 0.000000132. The molecule has 1 N–H and O–H groups in total. The van der Waals surface area contributed by atoms with Gasteiger partial charge in [0, 0.05) is 0 Å². The summed E-state index contributed by atoms with van der Waals surface area (Å²) in [5, 5.41) is 3.33. The molecule has 0 bridgehead atoms. The molecular formula is C12H25N. The normalized spacial score (nSPS) is 29.5. The highest BCUT2D eigenvalue weighted by Crippen LogP contribution is 2.22. The van der Waals surface area contributed by atoms with E-state index >= 15 is 0 Å². The topological polar surface area (TPSA) is 12.0 Å². The predicted molar refractivity (Wildman–Crippen MR) is 58.9 cm³/mol. The second-order valence-electron chi connectivity index (χ2n) is 4.84. The monoisotopic (exact) mass is 183 g/mol. The molecule has 0 aromatic rings. The second kappa shape index (κ2) is 6.42. The Kier molecular flexibility index (Phi) is 5.45. The zero-order valence-electron chi connectivity index (χ0n) is 9.31. The molecule has 1 heteroatoms. The highest BCUT2D eigenvalue weighted by Gasteiger charge is 2.07. The minimum absolute atomic E-state index is 0.925. The van der Waals surface area contributed by atoms with E-state index in [9.17, 15) is 0 Å². The van der Waals surface area contributed by atoms with Crippen LogP contribution in [-0.4, -0.2) is 13.1 Å². The van der Waals surface area contributed by atoms with Crippen LogP contribution in [0, 0.1) is 11.8 Å². The molecule has 0 aromatic carbocycles. The van der Waals surface area contributed by atoms with Crippen LogP contribution >= 0.6 is 0 Å². The van der Waals surface area contributed by atoms with Gasteiger partial charge in [0.2, 0.25) is 0 Å². The maximum atomic E-state index is 3.33. The maximum absolute atomic E-state index is 3.33. The van der Waals surface area contributed by atoms with Crippen molar-refractivity contribution in [2.75, 3.05) is 13.1 Å². The number of hydrogen-bond donors (Lipinski definition) is 1. The smallest absolute Gasteiger partial charge is 0.00231 e. The van der Waals surface area contributed by atoms with Gasteiger partial charge in [0.05, 0.1) is 0 Å². The fraction of sp³-hybridized carbons (Fsp3) is 1.00. The summed E-state index contributed by atoms with van der Waals surface area (Å²) >= 11 is 0. The van der Waals surface area contributed by atoms with Gasteiger partial charge in [0.1, 0.15) is 0 Å². The minimum atomic E-state index is 0.925. The lowest BCUT2D eigenvalue weighted by atomic mass is 10.0. The molecule has 1 saturated carbocycles. The van der Waals surface area contributed by atoms with Crippen LogP contribution in [0.3, 0.4) is 0 Å². The minimum Gasteiger partial charge on any atom is -0.316 e. The first kappa shape index (κ1) is 11.0. The Morgan fingerprint density at radius 3 is 1.69 bits per heavy atom. The molecule has 0 radical (unpaired) electrons. The molecule has 1 nitrogen and oxygen atoms in total. The van der Waals surface area contributed by atoms with Crippen molar-refractivity contribution in [3.05, 3.63) is 0 Å². The van der Waals surface area contributed by atoms with Crippen molar-refractivity contribution in [1.82, 2.24) is 5.32 Å². The van der Waals surface area contributed by atoms with Crippen LogP contribution in [0.15, 0.2) is 0 Å². The van der Waals surface area contributed by atoms with Crippen LogP contribution in [0.4, 0.5) is 0 Å². The highest BCUT2D eigenvalue weighted by molar-refractivity contribution is 4.63. The zero-order valence-corrected chi connectivity index (χ0v) is 9.31. The second-order valence-corrected chi connectivity index (χ2v) is 4.84. The first-order valence-electron chi connectivity index (χ1n) is 5.99. The van der Waals surface area contributed by atoms with Gasteiger partial charge in [0.25, 0.3) is 0 Å². The van der Waals surface area contributed by atoms with Crippen molar-refractivity contribution in [1.29, 1.82) is 0 Å². The van der Waals surface area contributed by atoms with E-state index in [1.54, 1.807) is 0 Å². The van der Waals surface area contributed by atoms with Crippen LogP contribution in [0.25, 0.3) is 0 Å². The van der Waals surface area contributed by atoms with Gasteiger partial charge in [-0.3, -0.25) is 0 Å². The Morgan fingerprint density at radius 2 is 1.46 bits per heavy atom. The van der Waals surface area contributed by atoms with E-state index < -0.39 is 0 Å². The van der Waals surface area contributed by atoms with Crippen LogP contribution < -0.4 is 5.32 Å². The Morgan fingerprint density at radius 1 is 0.846 bits per heavy atom. The largest absolute Gasteiger partial charge is 0.316 e. The van der Waals surface area contributed by atoms with Crippen molar-refractivity contribution < 1.29 is 0 Å². The molecule has 78 valence electrons. The predicted octanol–water partition coefficient (Wildman–Crippen LogP) is 3.20. The van der Waals surface area contributed by atoms with Crippen LogP contribution in [0.2, 0.25) is 0 Å². The van der Waals surface area contributed by atoms with Crippen LogP contribution in [0.1, 0.15) is 52.4 Å². The molecule has 1 aliphatic carbocycles. The van der Waals surface area contributed by atoms with Crippen molar-refractivity contribution in [2.45, 2.75) is 52.4 Å². The third kappa shape index (κ3) is 5.30. The molecule has 1 atom stereocenters. The summed E-state index contributed by atoms with van der Waals surface area (Å²) in [5.41, 5.74) is 0. The molecule has 13 heavy (non-hydrogen) atoms. The first-order chi connectivity index (χ1) is 6.29. The molecule has 2 aliphatic rings. The summed E-state index contributed by atoms with van der Waals surface area (Å²) in [6.07, 6.45) is 8.75. The van der Waals surface area contributed by atoms with E-state index in [-0.39, 0.29) is 0 Å². The van der Waals surface area contributed by atoms with E-state index in [1.165, 1.54) is 51.6 Å². The molecule has 2 rings (SSSR count). The summed E-state index contributed by atoms with van der Waals surface area (Å²) in [7, 11) is 0. The summed E-state index contributed by atoms with van der Waals surface area (Å²) in [5.74, 6) is 1.97. The molecule has 0 unspecified atom stereocenters. The molecule has 2 fully saturated rings. The Bertz CT molecular complexity index is 110. The van der Waals surface area contributed by atoms with E-state index in [4.69, 9.17) is 0 Å². The van der Waals surface area contributed by atoms with E-state index in [1.807, 2.05) is 0 Å². The lowest BCUT2D eigenvalue weighted by Crippen LogP contribution is -2.27. The van der Waals surface area contributed by atoms with Gasteiger partial charge < -0.3 is 5.32 Å². The lowest BCUT2D eigenvalue weighted by Gasteiger charge is -2.17. The number of hydrogen-bond acceptors (Lipinski definition) is 1. The van der Waals surface area contributed by atoms with E-state index in [2.05, 4.69) is 19.2 Å². The SMILES string of the molecule is CC1CCCC1.C[C@@H]1CCCNC1. The molecule has 1 saturated heterocycles. The van der Waals surface area contributed by atoms with Gasteiger partial charge in [-0.2, -0.15) is 0 Å². The fourth-order valence-corrected chi connectivity index (χ4v) is 2.16. The van der Waals surface area contributed by atoms with Crippen LogP contribution in [0.5, 0.6) is 0 Å². The molecule has 0 aromatic heterocycles. The number of nitrogens with one attached hydrogen (secondary N) is 1. The van der Waals surface area contributed by atoms with Gasteiger partial charge in [-0.15, -0.1) is 0 Å². The van der Waals surface area contributed by atoms with E-state index in [0.29, 0.717) is 0 Å². The van der Waals surface area contributed by atoms with Crippen LogP contribution in [-0.2, 0) is 0 Å². The molecular weight excluding hydrogens is 158 g/mol. The molecule has 1 aliphatic heterocycles. The zero-order chi connectivity index (χ0) is 9.52. The average molecular weight is 183 g/mol. The lowest BCUT2D eigenvalue weighted by molar-refractivity contribution is 0.405. The standard InChI is InChI=1S/C6H13N.C6H12/c1-6-3-2-4-7-5-6;1-6-4-2-3-5-6/h6-7H,2-5H2,1H3;6H,2-5H2,1H3/t6-;/m1./s1. The van der Waals surface area contributed by atoms with Gasteiger partial charge in [0.15, 0.2) is 0 Å². The Labute approximate surface area is 83.3 Å². The maximum Gasteiger partial charge on any atom is -0.00231 e. The molecule has 0 spiro atoms. The van der Waals surface area contributed by atoms with Gasteiger partial charge >= 0.3 is 0 Å². The van der Waals surface area contributed by atoms with Crippen molar-refractivity contribution >= 4 is 0 Å².